The number of thiophene rings is 1. The minimum atomic E-state index is 0.805. The molecule has 0 aliphatic carbocycles. The topological polar surface area (TPSA) is 37.8 Å². The molecule has 96 valence electrons. The second kappa shape index (κ2) is 6.29. The smallest absolute Gasteiger partial charge is 0.171 e. The van der Waals surface area contributed by atoms with E-state index in [2.05, 4.69) is 60.7 Å². The first-order valence-electron chi connectivity index (χ1n) is 5.65. The molecule has 0 aliphatic rings. The second-order valence-corrected chi connectivity index (χ2v) is 7.30. The van der Waals surface area contributed by atoms with E-state index in [9.17, 15) is 0 Å². The molecule has 2 aromatic heterocycles. The van der Waals surface area contributed by atoms with E-state index >= 15 is 0 Å². The number of halogens is 2. The minimum absolute atomic E-state index is 0.805. The summed E-state index contributed by atoms with van der Waals surface area (Å²) in [7, 11) is 1.90. The summed E-state index contributed by atoms with van der Waals surface area (Å²) in [5.41, 5.74) is 1.12. The van der Waals surface area contributed by atoms with Crippen molar-refractivity contribution in [2.45, 2.75) is 19.8 Å². The number of hydrogen-bond donors (Lipinski definition) is 1. The van der Waals surface area contributed by atoms with Crippen LogP contribution in [0.15, 0.2) is 15.9 Å². The summed E-state index contributed by atoms with van der Waals surface area (Å²) in [6.45, 7) is 2.17. The molecule has 2 aromatic rings. The van der Waals surface area contributed by atoms with Gasteiger partial charge in [-0.25, -0.2) is 9.97 Å². The molecule has 3 nitrogen and oxygen atoms in total. The van der Waals surface area contributed by atoms with Crippen LogP contribution >= 0.6 is 49.9 Å². The Bertz CT molecular complexity index is 556. The Balaban J connectivity index is 2.51. The van der Waals surface area contributed by atoms with Gasteiger partial charge in [0.25, 0.3) is 0 Å². The maximum Gasteiger partial charge on any atom is 0.171 e. The van der Waals surface area contributed by atoms with Gasteiger partial charge in [0.05, 0.1) is 17.9 Å². The molecule has 0 bridgehead atoms. The van der Waals surface area contributed by atoms with Gasteiger partial charge in [0.2, 0.25) is 0 Å². The van der Waals surface area contributed by atoms with Gasteiger partial charge in [0.1, 0.15) is 5.82 Å². The van der Waals surface area contributed by atoms with E-state index in [1.54, 1.807) is 11.3 Å². The Morgan fingerprint density at radius 1 is 1.39 bits per heavy atom. The highest BCUT2D eigenvalue weighted by molar-refractivity contribution is 14.1. The van der Waals surface area contributed by atoms with E-state index in [0.717, 1.165) is 42.4 Å². The van der Waals surface area contributed by atoms with Crippen LogP contribution in [-0.2, 0) is 6.42 Å². The summed E-state index contributed by atoms with van der Waals surface area (Å²) in [6, 6.07) is 4.08. The average molecular weight is 438 g/mol. The van der Waals surface area contributed by atoms with E-state index in [1.807, 2.05) is 19.2 Å². The monoisotopic (exact) mass is 437 g/mol. The molecule has 18 heavy (non-hydrogen) atoms. The molecule has 2 heterocycles. The molecule has 0 saturated heterocycles. The van der Waals surface area contributed by atoms with E-state index in [1.165, 1.54) is 0 Å². The predicted octanol–water partition coefficient (Wildman–Crippen LogP) is 4.57. The van der Waals surface area contributed by atoms with Crippen molar-refractivity contribution in [3.63, 3.8) is 0 Å². The van der Waals surface area contributed by atoms with Crippen molar-refractivity contribution in [3.8, 4) is 10.7 Å². The van der Waals surface area contributed by atoms with Crippen molar-refractivity contribution in [1.29, 1.82) is 0 Å². The van der Waals surface area contributed by atoms with Crippen LogP contribution in [0.3, 0.4) is 0 Å². The fraction of sp³-hybridized carbons (Fsp3) is 0.333. The SMILES string of the molecule is CCCc1nc(-c2ccc(Br)s2)nc(NC)c1I. The standard InChI is InChI=1S/C12H13BrIN3S/c1-3-4-7-10(14)12(15-2)17-11(16-7)8-5-6-9(13)18-8/h5-6H,3-4H2,1-2H3,(H,15,16,17). The molecule has 0 aromatic carbocycles. The van der Waals surface area contributed by atoms with Crippen molar-refractivity contribution in [3.05, 3.63) is 25.2 Å². The zero-order chi connectivity index (χ0) is 13.1. The number of rotatable bonds is 4. The average Bonchev–Trinajstić information content (AvgIpc) is 2.79. The van der Waals surface area contributed by atoms with Crippen LogP contribution in [0.5, 0.6) is 0 Å². The first-order chi connectivity index (χ1) is 8.65. The number of anilines is 1. The molecular formula is C12H13BrIN3S. The van der Waals surface area contributed by atoms with Crippen molar-refractivity contribution < 1.29 is 0 Å². The molecule has 0 fully saturated rings. The van der Waals surface area contributed by atoms with Crippen LogP contribution in [0.2, 0.25) is 0 Å². The summed E-state index contributed by atoms with van der Waals surface area (Å²) >= 11 is 7.44. The number of hydrogen-bond acceptors (Lipinski definition) is 4. The van der Waals surface area contributed by atoms with E-state index in [-0.39, 0.29) is 0 Å². The van der Waals surface area contributed by atoms with Gasteiger partial charge in [-0.1, -0.05) is 13.3 Å². The van der Waals surface area contributed by atoms with Crippen LogP contribution in [0.25, 0.3) is 10.7 Å². The van der Waals surface area contributed by atoms with Gasteiger partial charge >= 0.3 is 0 Å². The third-order valence-electron chi connectivity index (χ3n) is 2.44. The predicted molar refractivity (Wildman–Crippen MR) is 89.3 cm³/mol. The van der Waals surface area contributed by atoms with Gasteiger partial charge in [-0.3, -0.25) is 0 Å². The summed E-state index contributed by atoms with van der Waals surface area (Å²) < 4.78 is 2.22. The van der Waals surface area contributed by atoms with Gasteiger partial charge in [-0.2, -0.15) is 0 Å². The van der Waals surface area contributed by atoms with Crippen LogP contribution in [-0.4, -0.2) is 17.0 Å². The summed E-state index contributed by atoms with van der Waals surface area (Å²) in [5.74, 6) is 1.72. The number of aromatic nitrogens is 2. The van der Waals surface area contributed by atoms with Crippen LogP contribution in [0.1, 0.15) is 19.0 Å². The number of nitrogens with zero attached hydrogens (tertiary/aromatic N) is 2. The van der Waals surface area contributed by atoms with Crippen molar-refractivity contribution in [2.75, 3.05) is 12.4 Å². The molecule has 0 aliphatic heterocycles. The second-order valence-electron chi connectivity index (χ2n) is 3.76. The van der Waals surface area contributed by atoms with Crippen LogP contribution in [0, 0.1) is 3.57 Å². The fourth-order valence-corrected chi connectivity index (χ4v) is 3.71. The highest BCUT2D eigenvalue weighted by Crippen LogP contribution is 2.31. The molecular weight excluding hydrogens is 425 g/mol. The van der Waals surface area contributed by atoms with Crippen LogP contribution in [0.4, 0.5) is 5.82 Å². The van der Waals surface area contributed by atoms with E-state index < -0.39 is 0 Å². The minimum Gasteiger partial charge on any atom is -0.372 e. The van der Waals surface area contributed by atoms with E-state index in [4.69, 9.17) is 0 Å². The maximum atomic E-state index is 4.69. The molecule has 0 spiro atoms. The zero-order valence-electron chi connectivity index (χ0n) is 10.1. The van der Waals surface area contributed by atoms with Crippen LogP contribution < -0.4 is 5.32 Å². The molecule has 1 N–H and O–H groups in total. The highest BCUT2D eigenvalue weighted by atomic mass is 127. The Morgan fingerprint density at radius 2 is 2.17 bits per heavy atom. The molecule has 0 unspecified atom stereocenters. The first kappa shape index (κ1) is 14.2. The third kappa shape index (κ3) is 3.03. The Hall–Kier alpha value is -0.210. The lowest BCUT2D eigenvalue weighted by Crippen LogP contribution is -2.04. The van der Waals surface area contributed by atoms with Crippen molar-refractivity contribution in [2.24, 2.45) is 0 Å². The normalized spacial score (nSPS) is 10.7. The van der Waals surface area contributed by atoms with Gasteiger partial charge in [0, 0.05) is 7.05 Å². The number of aryl methyl sites for hydroxylation is 1. The maximum absolute atomic E-state index is 4.69. The van der Waals surface area contributed by atoms with Gasteiger partial charge in [-0.15, -0.1) is 11.3 Å². The summed E-state index contributed by atoms with van der Waals surface area (Å²) in [4.78, 5) is 10.4. The van der Waals surface area contributed by atoms with Gasteiger partial charge in [-0.05, 0) is 57.1 Å². The highest BCUT2D eigenvalue weighted by Gasteiger charge is 2.13. The lowest BCUT2D eigenvalue weighted by molar-refractivity contribution is 0.868. The molecule has 0 radical (unpaired) electrons. The van der Waals surface area contributed by atoms with E-state index in [0.29, 0.717) is 0 Å². The number of nitrogens with one attached hydrogen (secondary N) is 1. The van der Waals surface area contributed by atoms with Crippen molar-refractivity contribution >= 4 is 55.7 Å². The summed E-state index contributed by atoms with van der Waals surface area (Å²) in [5, 5.41) is 3.15. The Morgan fingerprint density at radius 3 is 2.72 bits per heavy atom. The van der Waals surface area contributed by atoms with Crippen molar-refractivity contribution in [1.82, 2.24) is 9.97 Å². The quantitative estimate of drug-likeness (QED) is 0.712. The fourth-order valence-electron chi connectivity index (χ4n) is 1.61. The van der Waals surface area contributed by atoms with Gasteiger partial charge in [0.15, 0.2) is 5.82 Å². The Labute approximate surface area is 133 Å². The first-order valence-corrected chi connectivity index (χ1v) is 8.34. The van der Waals surface area contributed by atoms with Gasteiger partial charge < -0.3 is 5.32 Å². The zero-order valence-corrected chi connectivity index (χ0v) is 14.7. The Kier molecular flexibility index (Phi) is 4.97. The molecule has 2 rings (SSSR count). The lowest BCUT2D eigenvalue weighted by atomic mass is 10.2. The summed E-state index contributed by atoms with van der Waals surface area (Å²) in [6.07, 6.45) is 2.07. The largest absolute Gasteiger partial charge is 0.372 e. The molecule has 0 atom stereocenters. The third-order valence-corrected chi connectivity index (χ3v) is 5.19. The molecule has 0 amide bonds. The molecule has 0 saturated carbocycles. The lowest BCUT2D eigenvalue weighted by Gasteiger charge is -2.09. The molecule has 6 heteroatoms.